The lowest BCUT2D eigenvalue weighted by molar-refractivity contribution is -0.137. The van der Waals surface area contributed by atoms with Crippen molar-refractivity contribution in [3.8, 4) is 0 Å². The van der Waals surface area contributed by atoms with Crippen LogP contribution in [0.5, 0.6) is 0 Å². The molecule has 0 atom stereocenters. The van der Waals surface area contributed by atoms with Crippen LogP contribution in [0.4, 0.5) is 18.9 Å². The second-order valence-electron chi connectivity index (χ2n) is 5.42. The first-order chi connectivity index (χ1) is 11.4. The van der Waals surface area contributed by atoms with Crippen molar-refractivity contribution in [1.82, 2.24) is 25.1 Å². The lowest BCUT2D eigenvalue weighted by Gasteiger charge is -2.36. The predicted octanol–water partition coefficient (Wildman–Crippen LogP) is 1.04. The molecule has 0 radical (unpaired) electrons. The van der Waals surface area contributed by atoms with Gasteiger partial charge >= 0.3 is 6.18 Å². The van der Waals surface area contributed by atoms with Crippen molar-refractivity contribution in [2.45, 2.75) is 12.7 Å². The number of alkyl halides is 3. The van der Waals surface area contributed by atoms with Gasteiger partial charge in [0.25, 0.3) is 0 Å². The van der Waals surface area contributed by atoms with E-state index in [1.807, 2.05) is 4.90 Å². The maximum absolute atomic E-state index is 12.8. The summed E-state index contributed by atoms with van der Waals surface area (Å²) in [6.45, 7) is 1.89. The number of anilines is 1. The molecule has 0 unspecified atom stereocenters. The number of carbonyl (C=O) groups is 1. The zero-order valence-electron chi connectivity index (χ0n) is 12.6. The summed E-state index contributed by atoms with van der Waals surface area (Å²) in [5.74, 6) is -0.119. The first-order valence-electron chi connectivity index (χ1n) is 7.34. The average Bonchev–Trinajstić information content (AvgIpc) is 3.07. The molecule has 128 valence electrons. The molecule has 1 aliphatic heterocycles. The van der Waals surface area contributed by atoms with Crippen LogP contribution in [0.2, 0.25) is 0 Å². The molecule has 1 aliphatic rings. The number of carbonyl (C=O) groups excluding carboxylic acids is 1. The van der Waals surface area contributed by atoms with Gasteiger partial charge in [-0.3, -0.25) is 4.79 Å². The van der Waals surface area contributed by atoms with Crippen molar-refractivity contribution in [3.05, 3.63) is 36.2 Å². The van der Waals surface area contributed by atoms with E-state index in [9.17, 15) is 18.0 Å². The third-order valence-electron chi connectivity index (χ3n) is 3.86. The lowest BCUT2D eigenvalue weighted by Crippen LogP contribution is -2.49. The van der Waals surface area contributed by atoms with E-state index in [-0.39, 0.29) is 12.5 Å². The smallest absolute Gasteiger partial charge is 0.368 e. The van der Waals surface area contributed by atoms with Crippen LogP contribution in [-0.4, -0.2) is 57.2 Å². The van der Waals surface area contributed by atoms with Gasteiger partial charge < -0.3 is 9.80 Å². The molecule has 1 amide bonds. The summed E-state index contributed by atoms with van der Waals surface area (Å²) >= 11 is 0. The molecule has 1 saturated heterocycles. The molecule has 1 aromatic heterocycles. The van der Waals surface area contributed by atoms with Crippen molar-refractivity contribution in [2.24, 2.45) is 0 Å². The summed E-state index contributed by atoms with van der Waals surface area (Å²) in [5, 5.41) is 10.6. The quantitative estimate of drug-likeness (QED) is 0.835. The standard InChI is InChI=1S/C14H15F3N6O/c15-14(16,17)11-2-1-3-12(8-11)21-4-6-22(7-5-21)13(24)9-23-10-18-19-20-23/h1-3,8,10H,4-7,9H2. The normalized spacial score (nSPS) is 15.6. The molecule has 24 heavy (non-hydrogen) atoms. The SMILES string of the molecule is O=C(Cn1cnnn1)N1CCN(c2cccc(C(F)(F)F)c2)CC1. The molecular weight excluding hydrogens is 325 g/mol. The van der Waals surface area contributed by atoms with E-state index in [1.165, 1.54) is 17.1 Å². The van der Waals surface area contributed by atoms with Crippen molar-refractivity contribution in [2.75, 3.05) is 31.1 Å². The highest BCUT2D eigenvalue weighted by molar-refractivity contribution is 5.76. The van der Waals surface area contributed by atoms with E-state index in [4.69, 9.17) is 0 Å². The summed E-state index contributed by atoms with van der Waals surface area (Å²) in [6.07, 6.45) is -3.00. The van der Waals surface area contributed by atoms with Crippen molar-refractivity contribution >= 4 is 11.6 Å². The Morgan fingerprint density at radius 3 is 2.54 bits per heavy atom. The molecule has 0 N–H and O–H groups in total. The van der Waals surface area contributed by atoms with Crippen LogP contribution in [0.25, 0.3) is 0 Å². The molecule has 2 aromatic rings. The number of aromatic nitrogens is 4. The summed E-state index contributed by atoms with van der Waals surface area (Å²) in [5.41, 5.74) is -0.158. The van der Waals surface area contributed by atoms with Gasteiger partial charge in [-0.2, -0.15) is 13.2 Å². The van der Waals surface area contributed by atoms with Gasteiger partial charge in [0, 0.05) is 31.9 Å². The molecule has 0 spiro atoms. The number of hydrogen-bond acceptors (Lipinski definition) is 5. The van der Waals surface area contributed by atoms with E-state index in [0.717, 1.165) is 12.1 Å². The molecule has 1 fully saturated rings. The summed E-state index contributed by atoms with van der Waals surface area (Å²) in [6, 6.07) is 5.23. The van der Waals surface area contributed by atoms with E-state index < -0.39 is 11.7 Å². The zero-order valence-corrected chi connectivity index (χ0v) is 12.6. The second-order valence-corrected chi connectivity index (χ2v) is 5.42. The molecule has 0 saturated carbocycles. The van der Waals surface area contributed by atoms with Gasteiger partial charge in [-0.15, -0.1) is 5.10 Å². The van der Waals surface area contributed by atoms with Crippen LogP contribution in [0.3, 0.4) is 0 Å². The Labute approximate surface area is 135 Å². The molecule has 10 heteroatoms. The van der Waals surface area contributed by atoms with Crippen molar-refractivity contribution in [3.63, 3.8) is 0 Å². The summed E-state index contributed by atoms with van der Waals surface area (Å²) < 4.78 is 39.7. The van der Waals surface area contributed by atoms with E-state index in [2.05, 4.69) is 15.5 Å². The third-order valence-corrected chi connectivity index (χ3v) is 3.86. The monoisotopic (exact) mass is 340 g/mol. The number of halogens is 3. The van der Waals surface area contributed by atoms with Crippen molar-refractivity contribution < 1.29 is 18.0 Å². The van der Waals surface area contributed by atoms with Crippen LogP contribution in [0.15, 0.2) is 30.6 Å². The highest BCUT2D eigenvalue weighted by Gasteiger charge is 2.31. The number of piperazine rings is 1. The van der Waals surface area contributed by atoms with Crippen LogP contribution < -0.4 is 4.90 Å². The number of amides is 1. The largest absolute Gasteiger partial charge is 0.416 e. The molecule has 3 rings (SSSR count). The molecule has 7 nitrogen and oxygen atoms in total. The second kappa shape index (κ2) is 6.46. The maximum Gasteiger partial charge on any atom is 0.416 e. The number of rotatable bonds is 3. The number of hydrogen-bond donors (Lipinski definition) is 0. The maximum atomic E-state index is 12.8. The Morgan fingerprint density at radius 1 is 1.17 bits per heavy atom. The van der Waals surface area contributed by atoms with E-state index in [1.54, 1.807) is 11.0 Å². The minimum atomic E-state index is -4.36. The fourth-order valence-corrected chi connectivity index (χ4v) is 2.58. The lowest BCUT2D eigenvalue weighted by atomic mass is 10.1. The Bertz CT molecular complexity index is 695. The summed E-state index contributed by atoms with van der Waals surface area (Å²) in [4.78, 5) is 15.6. The summed E-state index contributed by atoms with van der Waals surface area (Å²) in [7, 11) is 0. The molecule has 2 heterocycles. The number of benzene rings is 1. The average molecular weight is 340 g/mol. The zero-order chi connectivity index (χ0) is 17.2. The van der Waals surface area contributed by atoms with Gasteiger partial charge in [-0.1, -0.05) is 6.07 Å². The van der Waals surface area contributed by atoms with Gasteiger partial charge in [0.15, 0.2) is 0 Å². The molecular formula is C14H15F3N6O. The van der Waals surface area contributed by atoms with Crippen LogP contribution >= 0.6 is 0 Å². The predicted molar refractivity (Wildman–Crippen MR) is 78.1 cm³/mol. The Balaban J connectivity index is 1.60. The first kappa shape index (κ1) is 16.2. The topological polar surface area (TPSA) is 67.2 Å². The van der Waals surface area contributed by atoms with Crippen LogP contribution in [-0.2, 0) is 17.5 Å². The van der Waals surface area contributed by atoms with Gasteiger partial charge in [-0.05, 0) is 28.6 Å². The molecule has 1 aromatic carbocycles. The fraction of sp³-hybridized carbons (Fsp3) is 0.429. The Hall–Kier alpha value is -2.65. The van der Waals surface area contributed by atoms with Crippen LogP contribution in [0.1, 0.15) is 5.56 Å². The van der Waals surface area contributed by atoms with E-state index in [0.29, 0.717) is 31.9 Å². The Kier molecular flexibility index (Phi) is 4.36. The number of nitrogens with zero attached hydrogens (tertiary/aromatic N) is 6. The highest BCUT2D eigenvalue weighted by atomic mass is 19.4. The minimum Gasteiger partial charge on any atom is -0.368 e. The first-order valence-corrected chi connectivity index (χ1v) is 7.34. The van der Waals surface area contributed by atoms with Gasteiger partial charge in [0.05, 0.1) is 5.56 Å². The molecule has 0 bridgehead atoms. The van der Waals surface area contributed by atoms with Gasteiger partial charge in [-0.25, -0.2) is 4.68 Å². The fourth-order valence-electron chi connectivity index (χ4n) is 2.58. The minimum absolute atomic E-state index is 0.0521. The van der Waals surface area contributed by atoms with Crippen LogP contribution in [0, 0.1) is 0 Å². The van der Waals surface area contributed by atoms with Crippen molar-refractivity contribution in [1.29, 1.82) is 0 Å². The third kappa shape index (κ3) is 3.63. The Morgan fingerprint density at radius 2 is 1.92 bits per heavy atom. The highest BCUT2D eigenvalue weighted by Crippen LogP contribution is 2.31. The number of tetrazole rings is 1. The van der Waals surface area contributed by atoms with Gasteiger partial charge in [0.1, 0.15) is 12.9 Å². The molecule has 0 aliphatic carbocycles. The van der Waals surface area contributed by atoms with Gasteiger partial charge in [0.2, 0.25) is 5.91 Å². The van der Waals surface area contributed by atoms with E-state index >= 15 is 0 Å².